The summed E-state index contributed by atoms with van der Waals surface area (Å²) < 4.78 is 1.03. The summed E-state index contributed by atoms with van der Waals surface area (Å²) in [4.78, 5) is 36.4. The van der Waals surface area contributed by atoms with E-state index in [0.29, 0.717) is 28.8 Å². The number of hydrogen-bond donors (Lipinski definition) is 2. The molecule has 3 rings (SSSR count). The minimum Gasteiger partial charge on any atom is -0.354 e. The molecule has 6 nitrogen and oxygen atoms in total. The van der Waals surface area contributed by atoms with Crippen LogP contribution < -0.4 is 16.4 Å². The zero-order valence-electron chi connectivity index (χ0n) is 13.3. The first-order chi connectivity index (χ1) is 12.0. The monoisotopic (exact) mass is 357 g/mol. The number of aromatic nitrogens is 2. The molecule has 3 aromatic rings. The normalized spacial score (nSPS) is 10.8. The van der Waals surface area contributed by atoms with E-state index in [-0.39, 0.29) is 12.5 Å². The molecule has 0 bridgehead atoms. The third-order valence-corrected chi connectivity index (χ3v) is 4.09. The van der Waals surface area contributed by atoms with E-state index in [4.69, 9.17) is 11.6 Å². The fourth-order valence-corrected chi connectivity index (χ4v) is 2.68. The van der Waals surface area contributed by atoms with E-state index in [1.165, 1.54) is 0 Å². The molecule has 1 amide bonds. The predicted octanol–water partition coefficient (Wildman–Crippen LogP) is 1.70. The summed E-state index contributed by atoms with van der Waals surface area (Å²) in [5.74, 6) is -0.345. The Morgan fingerprint density at radius 1 is 1.04 bits per heavy atom. The van der Waals surface area contributed by atoms with Crippen LogP contribution in [-0.4, -0.2) is 22.2 Å². The lowest BCUT2D eigenvalue weighted by atomic mass is 10.1. The molecule has 0 saturated carbocycles. The number of aromatic amines is 1. The largest absolute Gasteiger partial charge is 0.354 e. The molecule has 2 N–H and O–H groups in total. The Morgan fingerprint density at radius 3 is 2.44 bits per heavy atom. The van der Waals surface area contributed by atoms with Gasteiger partial charge in [-0.25, -0.2) is 4.68 Å². The molecule has 0 aliphatic rings. The first-order valence-corrected chi connectivity index (χ1v) is 8.15. The number of rotatable bonds is 5. The van der Waals surface area contributed by atoms with Crippen LogP contribution in [0.5, 0.6) is 0 Å². The van der Waals surface area contributed by atoms with E-state index >= 15 is 0 Å². The molecule has 0 spiro atoms. The summed E-state index contributed by atoms with van der Waals surface area (Å²) in [6, 6.07) is 13.9. The van der Waals surface area contributed by atoms with E-state index < -0.39 is 11.1 Å². The molecule has 0 saturated heterocycles. The van der Waals surface area contributed by atoms with Crippen LogP contribution in [0.3, 0.4) is 0 Å². The average Bonchev–Trinajstić information content (AvgIpc) is 2.61. The van der Waals surface area contributed by atoms with Crippen molar-refractivity contribution in [2.24, 2.45) is 0 Å². The third-order valence-electron chi connectivity index (χ3n) is 3.83. The molecule has 0 aliphatic carbocycles. The summed E-state index contributed by atoms with van der Waals surface area (Å²) in [5.41, 5.74) is 0.244. The van der Waals surface area contributed by atoms with Gasteiger partial charge in [-0.05, 0) is 36.2 Å². The number of hydrogen-bond acceptors (Lipinski definition) is 3. The SMILES string of the molecule is O=C(Cn1[nH]c(=O)c2ccccc2c1=O)NCCc1ccc(Cl)cc1. The van der Waals surface area contributed by atoms with Crippen molar-refractivity contribution in [2.75, 3.05) is 6.54 Å². The van der Waals surface area contributed by atoms with Gasteiger partial charge in [0.1, 0.15) is 6.54 Å². The number of fused-ring (bicyclic) bond motifs is 1. The number of benzene rings is 2. The highest BCUT2D eigenvalue weighted by atomic mass is 35.5. The van der Waals surface area contributed by atoms with E-state index in [1.54, 1.807) is 36.4 Å². The number of nitrogens with one attached hydrogen (secondary N) is 2. The van der Waals surface area contributed by atoms with Gasteiger partial charge in [0.05, 0.1) is 10.8 Å². The highest BCUT2D eigenvalue weighted by Gasteiger charge is 2.09. The van der Waals surface area contributed by atoms with Crippen molar-refractivity contribution in [1.82, 2.24) is 15.1 Å². The van der Waals surface area contributed by atoms with Gasteiger partial charge in [-0.2, -0.15) is 0 Å². The highest BCUT2D eigenvalue weighted by molar-refractivity contribution is 6.30. The van der Waals surface area contributed by atoms with E-state index in [0.717, 1.165) is 10.2 Å². The third kappa shape index (κ3) is 3.97. The number of H-pyrrole nitrogens is 1. The Labute approximate surface area is 148 Å². The second-order valence-electron chi connectivity index (χ2n) is 5.60. The van der Waals surface area contributed by atoms with Crippen LogP contribution in [0, 0.1) is 0 Å². The number of amides is 1. The van der Waals surface area contributed by atoms with Gasteiger partial charge in [-0.3, -0.25) is 19.5 Å². The second-order valence-corrected chi connectivity index (χ2v) is 6.04. The highest BCUT2D eigenvalue weighted by Crippen LogP contribution is 2.09. The molecule has 25 heavy (non-hydrogen) atoms. The molecule has 1 aromatic heterocycles. The Morgan fingerprint density at radius 2 is 1.72 bits per heavy atom. The van der Waals surface area contributed by atoms with E-state index in [2.05, 4.69) is 10.4 Å². The molecule has 1 heterocycles. The topological polar surface area (TPSA) is 84.0 Å². The van der Waals surface area contributed by atoms with Gasteiger partial charge in [0.2, 0.25) is 5.91 Å². The van der Waals surface area contributed by atoms with Gasteiger partial charge in [-0.15, -0.1) is 0 Å². The van der Waals surface area contributed by atoms with Crippen LogP contribution in [0.15, 0.2) is 58.1 Å². The van der Waals surface area contributed by atoms with Crippen molar-refractivity contribution in [3.63, 3.8) is 0 Å². The summed E-state index contributed by atoms with van der Waals surface area (Å²) in [7, 11) is 0. The Hall–Kier alpha value is -2.86. The van der Waals surface area contributed by atoms with E-state index in [9.17, 15) is 14.4 Å². The summed E-state index contributed by atoms with van der Waals surface area (Å²) in [5, 5.41) is 6.44. The lowest BCUT2D eigenvalue weighted by molar-refractivity contribution is -0.121. The predicted molar refractivity (Wildman–Crippen MR) is 97.0 cm³/mol. The smallest absolute Gasteiger partial charge is 0.273 e. The molecule has 0 radical (unpaired) electrons. The molecule has 2 aromatic carbocycles. The number of halogens is 1. The van der Waals surface area contributed by atoms with Crippen LogP contribution in [-0.2, 0) is 17.8 Å². The van der Waals surface area contributed by atoms with Crippen molar-refractivity contribution in [2.45, 2.75) is 13.0 Å². The van der Waals surface area contributed by atoms with Crippen LogP contribution in [0.2, 0.25) is 5.02 Å². The lowest BCUT2D eigenvalue weighted by Crippen LogP contribution is -2.37. The van der Waals surface area contributed by atoms with Crippen molar-refractivity contribution in [1.29, 1.82) is 0 Å². The maximum atomic E-state index is 12.3. The Kier molecular flexibility index (Phi) is 5.00. The maximum Gasteiger partial charge on any atom is 0.273 e. The van der Waals surface area contributed by atoms with E-state index in [1.807, 2.05) is 12.1 Å². The van der Waals surface area contributed by atoms with Gasteiger partial charge in [0.25, 0.3) is 11.1 Å². The van der Waals surface area contributed by atoms with Crippen LogP contribution in [0.1, 0.15) is 5.56 Å². The van der Waals surface area contributed by atoms with Crippen LogP contribution in [0.25, 0.3) is 10.8 Å². The standard InChI is InChI=1S/C18H16ClN3O3/c19-13-7-5-12(6-8-13)9-10-20-16(23)11-22-18(25)15-4-2-1-3-14(15)17(24)21-22/h1-8H,9-11H2,(H,20,23)(H,21,24). The summed E-state index contributed by atoms with van der Waals surface area (Å²) in [6.07, 6.45) is 0.645. The molecule has 0 aliphatic heterocycles. The van der Waals surface area contributed by atoms with Crippen LogP contribution >= 0.6 is 11.6 Å². The van der Waals surface area contributed by atoms with Gasteiger partial charge >= 0.3 is 0 Å². The van der Waals surface area contributed by atoms with Crippen molar-refractivity contribution < 1.29 is 4.79 Å². The zero-order valence-corrected chi connectivity index (χ0v) is 14.0. The molecular weight excluding hydrogens is 342 g/mol. The number of nitrogens with zero attached hydrogens (tertiary/aromatic N) is 1. The Bertz CT molecular complexity index is 1020. The quantitative estimate of drug-likeness (QED) is 0.729. The zero-order chi connectivity index (χ0) is 17.8. The molecule has 7 heteroatoms. The fourth-order valence-electron chi connectivity index (χ4n) is 2.55. The molecule has 0 atom stereocenters. The van der Waals surface area contributed by atoms with Gasteiger partial charge in [0.15, 0.2) is 0 Å². The minimum atomic E-state index is -0.400. The Balaban J connectivity index is 1.66. The lowest BCUT2D eigenvalue weighted by Gasteiger charge is -2.08. The molecule has 0 unspecified atom stereocenters. The van der Waals surface area contributed by atoms with Crippen molar-refractivity contribution in [3.8, 4) is 0 Å². The first kappa shape index (κ1) is 17.0. The molecule has 0 fully saturated rings. The summed E-state index contributed by atoms with van der Waals surface area (Å²) in [6.45, 7) is 0.187. The van der Waals surface area contributed by atoms with Crippen LogP contribution in [0.4, 0.5) is 0 Å². The second kappa shape index (κ2) is 7.36. The average molecular weight is 358 g/mol. The molecule has 128 valence electrons. The number of carbonyl (C=O) groups excluding carboxylic acids is 1. The molecular formula is C18H16ClN3O3. The van der Waals surface area contributed by atoms with Crippen molar-refractivity contribution >= 4 is 28.3 Å². The van der Waals surface area contributed by atoms with Gasteiger partial charge < -0.3 is 5.32 Å². The summed E-state index contributed by atoms with van der Waals surface area (Å²) >= 11 is 5.82. The number of carbonyl (C=O) groups is 1. The fraction of sp³-hybridized carbons (Fsp3) is 0.167. The first-order valence-electron chi connectivity index (χ1n) is 7.77. The van der Waals surface area contributed by atoms with Gasteiger partial charge in [-0.1, -0.05) is 35.9 Å². The maximum absolute atomic E-state index is 12.3. The van der Waals surface area contributed by atoms with Gasteiger partial charge in [0, 0.05) is 11.6 Å². The van der Waals surface area contributed by atoms with Crippen molar-refractivity contribution in [3.05, 3.63) is 79.8 Å². The minimum absolute atomic E-state index is 0.237.